The first-order valence-electron chi connectivity index (χ1n) is 11.7. The molecule has 0 N–H and O–H groups in total. The second kappa shape index (κ2) is 7.25. The van der Waals surface area contributed by atoms with Crippen LogP contribution < -0.4 is 0 Å². The van der Waals surface area contributed by atoms with Gasteiger partial charge >= 0.3 is 0 Å². The molecule has 0 saturated heterocycles. The number of thiophene rings is 1. The first-order chi connectivity index (χ1) is 17.4. The molecule has 0 aliphatic rings. The molecule has 3 heterocycles. The van der Waals surface area contributed by atoms with E-state index in [0.29, 0.717) is 0 Å². The molecule has 35 heavy (non-hydrogen) atoms. The van der Waals surface area contributed by atoms with Crippen molar-refractivity contribution in [1.82, 2.24) is 9.55 Å². The smallest absolute Gasteiger partial charge is 0.195 e. The van der Waals surface area contributed by atoms with Crippen molar-refractivity contribution < 1.29 is 0 Å². The highest BCUT2D eigenvalue weighted by atomic mass is 32.1. The van der Waals surface area contributed by atoms with Gasteiger partial charge in [0.05, 0.1) is 21.3 Å². The molecule has 3 aromatic heterocycles. The van der Waals surface area contributed by atoms with Crippen LogP contribution in [-0.2, 0) is 0 Å². The van der Waals surface area contributed by atoms with Crippen LogP contribution in [0.2, 0.25) is 0 Å². The van der Waals surface area contributed by atoms with Crippen LogP contribution in [0.25, 0.3) is 68.5 Å². The van der Waals surface area contributed by atoms with Gasteiger partial charge in [0.2, 0.25) is 0 Å². The van der Waals surface area contributed by atoms with Crippen LogP contribution in [0.3, 0.4) is 0 Å². The lowest BCUT2D eigenvalue weighted by Crippen LogP contribution is -1.91. The van der Waals surface area contributed by atoms with E-state index in [0.717, 1.165) is 10.6 Å². The number of rotatable bonds is 2. The Hall–Kier alpha value is -3.99. The van der Waals surface area contributed by atoms with E-state index in [1.54, 1.807) is 11.3 Å². The molecule has 0 aliphatic carbocycles. The average molecular weight is 483 g/mol. The maximum Gasteiger partial charge on any atom is 0.195 e. The van der Waals surface area contributed by atoms with Gasteiger partial charge in [0.15, 0.2) is 5.13 Å². The van der Waals surface area contributed by atoms with Crippen molar-refractivity contribution in [2.24, 2.45) is 0 Å². The van der Waals surface area contributed by atoms with Crippen LogP contribution in [0.4, 0.5) is 0 Å². The number of thiazole rings is 1. The quantitative estimate of drug-likeness (QED) is 0.240. The van der Waals surface area contributed by atoms with Crippen molar-refractivity contribution >= 4 is 74.9 Å². The molecule has 8 rings (SSSR count). The molecule has 0 saturated carbocycles. The Labute approximate surface area is 209 Å². The van der Waals surface area contributed by atoms with Gasteiger partial charge < -0.3 is 0 Å². The Morgan fingerprint density at radius 1 is 0.543 bits per heavy atom. The number of nitrogens with zero attached hydrogens (tertiary/aromatic N) is 2. The van der Waals surface area contributed by atoms with Gasteiger partial charge in [-0.05, 0) is 35.4 Å². The maximum atomic E-state index is 5.16. The molecular weight excluding hydrogens is 464 g/mol. The summed E-state index contributed by atoms with van der Waals surface area (Å²) in [6.07, 6.45) is 0. The number of benzene rings is 5. The van der Waals surface area contributed by atoms with Crippen LogP contribution in [0.15, 0.2) is 109 Å². The molecule has 4 heteroatoms. The summed E-state index contributed by atoms with van der Waals surface area (Å²) in [6, 6.07) is 39.1. The molecule has 164 valence electrons. The Balaban J connectivity index is 1.45. The number of hydrogen-bond donors (Lipinski definition) is 0. The van der Waals surface area contributed by atoms with Crippen molar-refractivity contribution in [3.63, 3.8) is 0 Å². The van der Waals surface area contributed by atoms with Crippen LogP contribution in [-0.4, -0.2) is 9.55 Å². The van der Waals surface area contributed by atoms with Gasteiger partial charge in [-0.3, -0.25) is 4.57 Å². The minimum Gasteiger partial charge on any atom is -0.285 e. The lowest BCUT2D eigenvalue weighted by molar-refractivity contribution is 1.15. The van der Waals surface area contributed by atoms with Crippen molar-refractivity contribution in [3.05, 3.63) is 109 Å². The van der Waals surface area contributed by atoms with E-state index in [1.807, 2.05) is 11.3 Å². The molecule has 0 spiro atoms. The van der Waals surface area contributed by atoms with E-state index in [2.05, 4.69) is 114 Å². The Morgan fingerprint density at radius 3 is 2.00 bits per heavy atom. The van der Waals surface area contributed by atoms with Gasteiger partial charge in [-0.1, -0.05) is 96.3 Å². The van der Waals surface area contributed by atoms with E-state index in [1.165, 1.54) is 57.8 Å². The van der Waals surface area contributed by atoms with E-state index >= 15 is 0 Å². The van der Waals surface area contributed by atoms with Crippen LogP contribution >= 0.6 is 22.7 Å². The second-order valence-corrected chi connectivity index (χ2v) is 10.8. The van der Waals surface area contributed by atoms with E-state index in [4.69, 9.17) is 4.98 Å². The molecule has 0 aliphatic heterocycles. The molecule has 0 radical (unpaired) electrons. The summed E-state index contributed by atoms with van der Waals surface area (Å²) in [5, 5.41) is 6.18. The summed E-state index contributed by atoms with van der Waals surface area (Å²) in [7, 11) is 0. The van der Waals surface area contributed by atoms with Crippen LogP contribution in [0, 0.1) is 0 Å². The minimum absolute atomic E-state index is 1.02. The zero-order valence-electron chi connectivity index (χ0n) is 18.6. The fraction of sp³-hybridized carbons (Fsp3) is 0. The third kappa shape index (κ3) is 2.72. The minimum atomic E-state index is 1.02. The van der Waals surface area contributed by atoms with Gasteiger partial charge in [-0.15, -0.1) is 11.3 Å². The average Bonchev–Trinajstić information content (AvgIpc) is 3.60. The largest absolute Gasteiger partial charge is 0.285 e. The predicted molar refractivity (Wildman–Crippen MR) is 152 cm³/mol. The van der Waals surface area contributed by atoms with Crippen LogP contribution in [0.1, 0.15) is 0 Å². The van der Waals surface area contributed by atoms with Crippen molar-refractivity contribution in [1.29, 1.82) is 0 Å². The zero-order chi connectivity index (χ0) is 22.9. The molecule has 0 unspecified atom stereocenters. The third-order valence-corrected chi connectivity index (χ3v) is 9.14. The molecular formula is C31H18N2S2. The predicted octanol–water partition coefficient (Wildman–Crippen LogP) is 9.43. The summed E-state index contributed by atoms with van der Waals surface area (Å²) >= 11 is 3.68. The fourth-order valence-electron chi connectivity index (χ4n) is 5.33. The summed E-state index contributed by atoms with van der Waals surface area (Å²) in [5.74, 6) is 0. The topological polar surface area (TPSA) is 17.8 Å². The second-order valence-electron chi connectivity index (χ2n) is 8.80. The Bertz CT molecular complexity index is 2010. The summed E-state index contributed by atoms with van der Waals surface area (Å²) in [4.78, 5) is 5.16. The number of para-hydroxylation sites is 2. The summed E-state index contributed by atoms with van der Waals surface area (Å²) in [5.41, 5.74) is 6.01. The SMILES string of the molecule is c1ccc(-c2cccc3c2sc2ccc4nc(-n5c6ccccc6c6ccccc65)sc4c23)cc1. The highest BCUT2D eigenvalue weighted by Crippen LogP contribution is 2.45. The molecule has 0 amide bonds. The first-order valence-corrected chi connectivity index (χ1v) is 13.3. The lowest BCUT2D eigenvalue weighted by Gasteiger charge is -2.03. The standard InChI is InChI=1S/C31H18N2S2/c1-2-9-19(10-3-1)20-13-8-14-23-28-27(34-29(20)23)18-17-24-30(28)35-31(32-24)33-25-15-6-4-11-21(25)22-12-5-7-16-26(22)33/h1-18H. The molecule has 0 fully saturated rings. The van der Waals surface area contributed by atoms with Gasteiger partial charge in [0.25, 0.3) is 0 Å². The molecule has 8 aromatic rings. The summed E-state index contributed by atoms with van der Waals surface area (Å²) in [6.45, 7) is 0. The number of aromatic nitrogens is 2. The van der Waals surface area contributed by atoms with Gasteiger partial charge in [-0.25, -0.2) is 4.98 Å². The lowest BCUT2D eigenvalue weighted by atomic mass is 10.0. The Morgan fingerprint density at radius 2 is 1.23 bits per heavy atom. The van der Waals surface area contributed by atoms with E-state index in [-0.39, 0.29) is 0 Å². The molecule has 2 nitrogen and oxygen atoms in total. The van der Waals surface area contributed by atoms with E-state index in [9.17, 15) is 0 Å². The molecule has 0 atom stereocenters. The van der Waals surface area contributed by atoms with E-state index < -0.39 is 0 Å². The number of hydrogen-bond acceptors (Lipinski definition) is 3. The summed E-state index contributed by atoms with van der Waals surface area (Å²) < 4.78 is 6.24. The third-order valence-electron chi connectivity index (χ3n) is 6.86. The zero-order valence-corrected chi connectivity index (χ0v) is 20.2. The maximum absolute atomic E-state index is 5.16. The van der Waals surface area contributed by atoms with Gasteiger partial charge in [0, 0.05) is 30.9 Å². The highest BCUT2D eigenvalue weighted by molar-refractivity contribution is 7.28. The monoisotopic (exact) mass is 482 g/mol. The van der Waals surface area contributed by atoms with Crippen molar-refractivity contribution in [2.75, 3.05) is 0 Å². The Kier molecular flexibility index (Phi) is 4.01. The number of fused-ring (bicyclic) bond motifs is 8. The van der Waals surface area contributed by atoms with Crippen molar-refractivity contribution in [2.45, 2.75) is 0 Å². The van der Waals surface area contributed by atoms with Crippen LogP contribution in [0.5, 0.6) is 0 Å². The van der Waals surface area contributed by atoms with Gasteiger partial charge in [-0.2, -0.15) is 0 Å². The first kappa shape index (κ1) is 19.3. The van der Waals surface area contributed by atoms with Gasteiger partial charge in [0.1, 0.15) is 0 Å². The normalized spacial score (nSPS) is 12.0. The highest BCUT2D eigenvalue weighted by Gasteiger charge is 2.18. The molecule has 0 bridgehead atoms. The van der Waals surface area contributed by atoms with Crippen molar-refractivity contribution in [3.8, 4) is 16.3 Å². The fourth-order valence-corrected chi connectivity index (χ4v) is 7.79. The molecule has 5 aromatic carbocycles.